The van der Waals surface area contributed by atoms with Gasteiger partial charge in [0.15, 0.2) is 0 Å². The topological polar surface area (TPSA) is 55.6 Å². The van der Waals surface area contributed by atoms with E-state index < -0.39 is 0 Å². The van der Waals surface area contributed by atoms with E-state index in [0.29, 0.717) is 6.04 Å². The van der Waals surface area contributed by atoms with Crippen LogP contribution in [0.2, 0.25) is 0 Å². The number of rotatable bonds is 7. The third-order valence-corrected chi connectivity index (χ3v) is 3.24. The Morgan fingerprint density at radius 2 is 2.33 bits per heavy atom. The summed E-state index contributed by atoms with van der Waals surface area (Å²) in [6, 6.07) is 0.605. The van der Waals surface area contributed by atoms with Crippen LogP contribution in [0.1, 0.15) is 26.7 Å². The smallest absolute Gasteiger partial charge is 0.209 e. The van der Waals surface area contributed by atoms with Gasteiger partial charge in [-0.3, -0.25) is 0 Å². The zero-order valence-electron chi connectivity index (χ0n) is 9.60. The van der Waals surface area contributed by atoms with Crippen LogP contribution in [-0.4, -0.2) is 38.5 Å². The van der Waals surface area contributed by atoms with Crippen molar-refractivity contribution < 1.29 is 0 Å². The van der Waals surface area contributed by atoms with Gasteiger partial charge < -0.3 is 5.32 Å². The molecule has 0 spiro atoms. The molecule has 1 aromatic heterocycles. The van der Waals surface area contributed by atoms with Gasteiger partial charge in [0.05, 0.1) is 0 Å². The first-order chi connectivity index (χ1) is 7.24. The summed E-state index contributed by atoms with van der Waals surface area (Å²) in [4.78, 5) is 0. The van der Waals surface area contributed by atoms with Crippen molar-refractivity contribution in [1.29, 1.82) is 0 Å². The van der Waals surface area contributed by atoms with E-state index in [1.165, 1.54) is 12.8 Å². The maximum Gasteiger partial charge on any atom is 0.209 e. The van der Waals surface area contributed by atoms with Gasteiger partial charge >= 0.3 is 0 Å². The van der Waals surface area contributed by atoms with Crippen molar-refractivity contribution in [1.82, 2.24) is 25.5 Å². The molecular formula is C9H19N5S. The van der Waals surface area contributed by atoms with Crippen LogP contribution < -0.4 is 5.32 Å². The molecule has 0 aromatic carbocycles. The molecule has 0 radical (unpaired) electrons. The third-order valence-electron chi connectivity index (χ3n) is 2.15. The van der Waals surface area contributed by atoms with Gasteiger partial charge in [-0.1, -0.05) is 18.7 Å². The molecule has 1 aromatic rings. The minimum Gasteiger partial charge on any atom is -0.315 e. The largest absolute Gasteiger partial charge is 0.315 e. The van der Waals surface area contributed by atoms with Crippen LogP contribution in [-0.2, 0) is 7.05 Å². The first kappa shape index (κ1) is 12.4. The van der Waals surface area contributed by atoms with Crippen molar-refractivity contribution >= 4 is 11.8 Å². The molecule has 0 fully saturated rings. The van der Waals surface area contributed by atoms with E-state index in [0.717, 1.165) is 17.5 Å². The van der Waals surface area contributed by atoms with Crippen molar-refractivity contribution in [2.75, 3.05) is 12.3 Å². The quantitative estimate of drug-likeness (QED) is 0.560. The van der Waals surface area contributed by atoms with E-state index >= 15 is 0 Å². The number of hydrogen-bond donors (Lipinski definition) is 1. The number of nitrogens with one attached hydrogen (secondary N) is 1. The number of aromatic nitrogens is 4. The Bertz CT molecular complexity index is 275. The number of tetrazole rings is 1. The molecule has 0 aliphatic heterocycles. The SMILES string of the molecule is CCNC(C)CCCSc1nnnn1C. The van der Waals surface area contributed by atoms with E-state index in [-0.39, 0.29) is 0 Å². The fourth-order valence-corrected chi connectivity index (χ4v) is 2.16. The zero-order valence-corrected chi connectivity index (χ0v) is 10.4. The van der Waals surface area contributed by atoms with E-state index in [1.54, 1.807) is 16.4 Å². The summed E-state index contributed by atoms with van der Waals surface area (Å²) in [5.74, 6) is 1.07. The normalized spacial score (nSPS) is 13.0. The second-order valence-electron chi connectivity index (χ2n) is 3.53. The average Bonchev–Trinajstić information content (AvgIpc) is 2.60. The van der Waals surface area contributed by atoms with Gasteiger partial charge in [0.2, 0.25) is 5.16 Å². The Hall–Kier alpha value is -0.620. The number of thioether (sulfide) groups is 1. The number of nitrogens with zero attached hydrogens (tertiary/aromatic N) is 4. The van der Waals surface area contributed by atoms with Gasteiger partial charge in [-0.05, 0) is 36.7 Å². The van der Waals surface area contributed by atoms with Gasteiger partial charge in [0.25, 0.3) is 0 Å². The van der Waals surface area contributed by atoms with Crippen molar-refractivity contribution in [2.24, 2.45) is 7.05 Å². The van der Waals surface area contributed by atoms with Crippen LogP contribution in [0.3, 0.4) is 0 Å². The predicted octanol–water partition coefficient (Wildman–Crippen LogP) is 1.08. The molecule has 5 nitrogen and oxygen atoms in total. The summed E-state index contributed by atoms with van der Waals surface area (Å²) in [5.41, 5.74) is 0. The summed E-state index contributed by atoms with van der Waals surface area (Å²) in [7, 11) is 1.86. The van der Waals surface area contributed by atoms with Crippen LogP contribution in [0.25, 0.3) is 0 Å². The molecule has 1 N–H and O–H groups in total. The highest BCUT2D eigenvalue weighted by atomic mass is 32.2. The Balaban J connectivity index is 2.09. The summed E-state index contributed by atoms with van der Waals surface area (Å²) < 4.78 is 1.71. The fraction of sp³-hybridized carbons (Fsp3) is 0.889. The summed E-state index contributed by atoms with van der Waals surface area (Å²) in [6.45, 7) is 5.40. The van der Waals surface area contributed by atoms with Crippen LogP contribution in [0, 0.1) is 0 Å². The summed E-state index contributed by atoms with van der Waals surface area (Å²) >= 11 is 1.71. The van der Waals surface area contributed by atoms with Crippen LogP contribution >= 0.6 is 11.8 Å². The highest BCUT2D eigenvalue weighted by Gasteiger charge is 2.03. The molecule has 0 saturated carbocycles. The monoisotopic (exact) mass is 229 g/mol. The molecule has 1 atom stereocenters. The van der Waals surface area contributed by atoms with Crippen LogP contribution in [0.4, 0.5) is 0 Å². The maximum atomic E-state index is 3.92. The fourth-order valence-electron chi connectivity index (χ4n) is 1.35. The zero-order chi connectivity index (χ0) is 11.1. The predicted molar refractivity (Wildman–Crippen MR) is 61.9 cm³/mol. The average molecular weight is 229 g/mol. The minimum atomic E-state index is 0.605. The van der Waals surface area contributed by atoms with Crippen molar-refractivity contribution in [3.8, 4) is 0 Å². The molecule has 0 bridgehead atoms. The van der Waals surface area contributed by atoms with Crippen LogP contribution in [0.5, 0.6) is 0 Å². The van der Waals surface area contributed by atoms with Gasteiger partial charge in [-0.2, -0.15) is 0 Å². The Morgan fingerprint density at radius 1 is 1.53 bits per heavy atom. The van der Waals surface area contributed by atoms with Crippen molar-refractivity contribution in [2.45, 2.75) is 37.9 Å². The molecule has 0 aliphatic carbocycles. The van der Waals surface area contributed by atoms with E-state index in [4.69, 9.17) is 0 Å². The molecule has 15 heavy (non-hydrogen) atoms. The van der Waals surface area contributed by atoms with Crippen molar-refractivity contribution in [3.05, 3.63) is 0 Å². The maximum absolute atomic E-state index is 3.92. The van der Waals surface area contributed by atoms with Gasteiger partial charge in [0, 0.05) is 18.8 Å². The Kier molecular flexibility index (Phi) is 5.63. The van der Waals surface area contributed by atoms with Crippen LogP contribution in [0.15, 0.2) is 5.16 Å². The first-order valence-electron chi connectivity index (χ1n) is 5.32. The minimum absolute atomic E-state index is 0.605. The first-order valence-corrected chi connectivity index (χ1v) is 6.31. The highest BCUT2D eigenvalue weighted by molar-refractivity contribution is 7.99. The lowest BCUT2D eigenvalue weighted by atomic mass is 10.2. The van der Waals surface area contributed by atoms with E-state index in [9.17, 15) is 0 Å². The standard InChI is InChI=1S/C9H19N5S/c1-4-10-8(2)6-5-7-15-9-11-12-13-14(9)3/h8,10H,4-7H2,1-3H3. The van der Waals surface area contributed by atoms with E-state index in [1.807, 2.05) is 7.05 Å². The highest BCUT2D eigenvalue weighted by Crippen LogP contribution is 2.14. The Morgan fingerprint density at radius 3 is 2.93 bits per heavy atom. The number of hydrogen-bond acceptors (Lipinski definition) is 5. The number of aryl methyl sites for hydroxylation is 1. The molecule has 1 rings (SSSR count). The molecule has 0 amide bonds. The molecule has 86 valence electrons. The molecular weight excluding hydrogens is 210 g/mol. The Labute approximate surface area is 95.0 Å². The lowest BCUT2D eigenvalue weighted by Gasteiger charge is -2.10. The van der Waals surface area contributed by atoms with Gasteiger partial charge in [-0.15, -0.1) is 5.10 Å². The summed E-state index contributed by atoms with van der Waals surface area (Å²) in [6.07, 6.45) is 2.39. The molecule has 0 aliphatic rings. The third kappa shape index (κ3) is 4.61. The second-order valence-corrected chi connectivity index (χ2v) is 4.60. The van der Waals surface area contributed by atoms with Crippen molar-refractivity contribution in [3.63, 3.8) is 0 Å². The van der Waals surface area contributed by atoms with E-state index in [2.05, 4.69) is 34.7 Å². The lowest BCUT2D eigenvalue weighted by molar-refractivity contribution is 0.526. The molecule has 1 heterocycles. The molecule has 0 saturated heterocycles. The second kappa shape index (κ2) is 6.79. The summed E-state index contributed by atoms with van der Waals surface area (Å²) in [5, 5.41) is 15.6. The molecule has 6 heteroatoms. The molecule has 1 unspecified atom stereocenters. The van der Waals surface area contributed by atoms with Gasteiger partial charge in [-0.25, -0.2) is 4.68 Å². The van der Waals surface area contributed by atoms with Gasteiger partial charge in [0.1, 0.15) is 0 Å². The lowest BCUT2D eigenvalue weighted by Crippen LogP contribution is -2.25.